The van der Waals surface area contributed by atoms with Crippen LogP contribution in [-0.2, 0) is 0 Å². The van der Waals surface area contributed by atoms with Crippen LogP contribution in [0.2, 0.25) is 0 Å². The Labute approximate surface area is 147 Å². The highest BCUT2D eigenvalue weighted by Crippen LogP contribution is 2.25. The van der Waals surface area contributed by atoms with Crippen molar-refractivity contribution < 1.29 is 4.52 Å². The molecule has 0 fully saturated rings. The normalized spacial score (nSPS) is 10.6. The lowest BCUT2D eigenvalue weighted by Gasteiger charge is -2.09. The molecule has 0 spiro atoms. The van der Waals surface area contributed by atoms with E-state index >= 15 is 0 Å². The maximum absolute atomic E-state index is 8.75. The Kier molecular flexibility index (Phi) is 3.87. The van der Waals surface area contributed by atoms with Crippen molar-refractivity contribution in [2.75, 3.05) is 17.2 Å². The zero-order chi connectivity index (χ0) is 17.9. The average Bonchev–Trinajstić information content (AvgIpc) is 3.27. The summed E-state index contributed by atoms with van der Waals surface area (Å²) in [5.41, 5.74) is 1.58. The quantitative estimate of drug-likeness (QED) is 0.521. The molecule has 0 saturated heterocycles. The molecule has 10 heteroatoms. The van der Waals surface area contributed by atoms with Crippen LogP contribution in [0, 0.1) is 18.3 Å². The van der Waals surface area contributed by atoms with E-state index in [9.17, 15) is 0 Å². The number of hydrogen-bond acceptors (Lipinski definition) is 9. The molecule has 0 amide bonds. The van der Waals surface area contributed by atoms with Crippen LogP contribution in [0.3, 0.4) is 0 Å². The van der Waals surface area contributed by atoms with Gasteiger partial charge in [-0.25, -0.2) is 9.55 Å². The summed E-state index contributed by atoms with van der Waals surface area (Å²) >= 11 is 0. The number of imidazole rings is 1. The summed E-state index contributed by atoms with van der Waals surface area (Å²) in [5.74, 6) is 2.20. The van der Waals surface area contributed by atoms with Crippen molar-refractivity contribution in [2.45, 2.75) is 6.92 Å². The fourth-order valence-corrected chi connectivity index (χ4v) is 2.47. The zero-order valence-corrected chi connectivity index (χ0v) is 13.7. The van der Waals surface area contributed by atoms with Gasteiger partial charge in [-0.1, -0.05) is 17.3 Å². The van der Waals surface area contributed by atoms with Gasteiger partial charge in [0.2, 0.25) is 17.8 Å². The van der Waals surface area contributed by atoms with Crippen LogP contribution in [0.5, 0.6) is 0 Å². The SMILES string of the molecule is Cc1nc(NCC#N)nc(-n2c(Nc3ccon3)nc3ccccc32)n1. The van der Waals surface area contributed by atoms with E-state index < -0.39 is 0 Å². The Hall–Kier alpha value is -4.00. The van der Waals surface area contributed by atoms with Gasteiger partial charge in [0.1, 0.15) is 18.6 Å². The lowest BCUT2D eigenvalue weighted by atomic mass is 10.3. The fourth-order valence-electron chi connectivity index (χ4n) is 2.47. The monoisotopic (exact) mass is 347 g/mol. The minimum atomic E-state index is 0.0949. The van der Waals surface area contributed by atoms with Gasteiger partial charge in [0.15, 0.2) is 5.82 Å². The van der Waals surface area contributed by atoms with Crippen molar-refractivity contribution >= 4 is 28.7 Å². The van der Waals surface area contributed by atoms with E-state index in [-0.39, 0.29) is 6.54 Å². The first-order valence-corrected chi connectivity index (χ1v) is 7.73. The molecule has 4 aromatic rings. The van der Waals surface area contributed by atoms with Gasteiger partial charge < -0.3 is 15.2 Å². The zero-order valence-electron chi connectivity index (χ0n) is 13.7. The summed E-state index contributed by atoms with van der Waals surface area (Å²) in [6.45, 7) is 1.85. The molecule has 0 aliphatic heterocycles. The van der Waals surface area contributed by atoms with Gasteiger partial charge in [-0.05, 0) is 19.1 Å². The van der Waals surface area contributed by atoms with Gasteiger partial charge in [0, 0.05) is 6.07 Å². The molecule has 3 heterocycles. The summed E-state index contributed by atoms with van der Waals surface area (Å²) < 4.78 is 6.62. The topological polar surface area (TPSA) is 130 Å². The van der Waals surface area contributed by atoms with Crippen molar-refractivity contribution in [3.8, 4) is 12.0 Å². The van der Waals surface area contributed by atoms with Crippen molar-refractivity contribution in [2.24, 2.45) is 0 Å². The molecule has 4 rings (SSSR count). The fraction of sp³-hybridized carbons (Fsp3) is 0.125. The first kappa shape index (κ1) is 15.5. The van der Waals surface area contributed by atoms with Gasteiger partial charge in [0.25, 0.3) is 0 Å². The van der Waals surface area contributed by atoms with Crippen LogP contribution in [0.4, 0.5) is 17.7 Å². The number of nitriles is 1. The van der Waals surface area contributed by atoms with Crippen molar-refractivity contribution in [3.63, 3.8) is 0 Å². The molecule has 2 N–H and O–H groups in total. The number of anilines is 3. The minimum Gasteiger partial charge on any atom is -0.363 e. The maximum atomic E-state index is 8.75. The van der Waals surface area contributed by atoms with Crippen molar-refractivity contribution in [1.82, 2.24) is 29.7 Å². The maximum Gasteiger partial charge on any atom is 0.242 e. The van der Waals surface area contributed by atoms with Crippen LogP contribution >= 0.6 is 0 Å². The Balaban J connectivity index is 1.87. The van der Waals surface area contributed by atoms with Gasteiger partial charge >= 0.3 is 0 Å². The Bertz CT molecular complexity index is 1090. The molecule has 0 unspecified atom stereocenters. The van der Waals surface area contributed by atoms with E-state index in [2.05, 4.69) is 35.7 Å². The molecule has 128 valence electrons. The molecule has 0 bridgehead atoms. The second kappa shape index (κ2) is 6.48. The van der Waals surface area contributed by atoms with Gasteiger partial charge in [-0.3, -0.25) is 0 Å². The number of hydrogen-bond donors (Lipinski definition) is 2. The van der Waals surface area contributed by atoms with E-state index in [0.29, 0.717) is 29.5 Å². The Morgan fingerprint density at radius 3 is 2.85 bits per heavy atom. The van der Waals surface area contributed by atoms with Crippen LogP contribution < -0.4 is 10.6 Å². The smallest absolute Gasteiger partial charge is 0.242 e. The number of para-hydroxylation sites is 2. The van der Waals surface area contributed by atoms with Crippen molar-refractivity contribution in [3.05, 3.63) is 42.4 Å². The first-order valence-electron chi connectivity index (χ1n) is 7.73. The van der Waals surface area contributed by atoms with E-state index in [1.165, 1.54) is 6.26 Å². The van der Waals surface area contributed by atoms with E-state index in [0.717, 1.165) is 11.0 Å². The third-order valence-corrected chi connectivity index (χ3v) is 3.50. The molecule has 1 aromatic carbocycles. The predicted molar refractivity (Wildman–Crippen MR) is 93.1 cm³/mol. The van der Waals surface area contributed by atoms with Crippen LogP contribution in [0.25, 0.3) is 17.0 Å². The number of rotatable bonds is 5. The number of aryl methyl sites for hydroxylation is 1. The summed E-state index contributed by atoms with van der Waals surface area (Å²) in [4.78, 5) is 17.6. The van der Waals surface area contributed by atoms with Crippen LogP contribution in [-0.4, -0.2) is 36.2 Å². The third-order valence-electron chi connectivity index (χ3n) is 3.50. The van der Waals surface area contributed by atoms with Crippen LogP contribution in [0.15, 0.2) is 41.1 Å². The minimum absolute atomic E-state index is 0.0949. The number of aromatic nitrogens is 6. The highest BCUT2D eigenvalue weighted by atomic mass is 16.5. The summed E-state index contributed by atoms with van der Waals surface area (Å²) in [6, 6.07) is 11.3. The molecular weight excluding hydrogens is 334 g/mol. The second-order valence-corrected chi connectivity index (χ2v) is 5.29. The standard InChI is InChI=1S/C16H13N9O/c1-10-19-14(18-8-7-17)23-15(20-10)25-12-5-3-2-4-11(12)21-16(25)22-13-6-9-26-24-13/h2-6,9H,8H2,1H3,(H,21,22,24)(H,18,19,20,23). The first-order chi connectivity index (χ1) is 12.7. The molecule has 0 atom stereocenters. The van der Waals surface area contributed by atoms with Gasteiger partial charge in [-0.15, -0.1) is 0 Å². The highest BCUT2D eigenvalue weighted by Gasteiger charge is 2.17. The van der Waals surface area contributed by atoms with E-state index in [1.807, 2.05) is 30.3 Å². The molecule has 0 aliphatic rings. The highest BCUT2D eigenvalue weighted by molar-refractivity contribution is 5.81. The number of benzene rings is 1. The summed E-state index contributed by atoms with van der Waals surface area (Å²) in [5, 5.41) is 18.5. The summed E-state index contributed by atoms with van der Waals surface area (Å²) in [7, 11) is 0. The lowest BCUT2D eigenvalue weighted by Crippen LogP contribution is -2.12. The number of nitrogens with one attached hydrogen (secondary N) is 2. The number of fused-ring (bicyclic) bond motifs is 1. The molecule has 0 saturated carbocycles. The molecule has 3 aromatic heterocycles. The molecule has 26 heavy (non-hydrogen) atoms. The lowest BCUT2D eigenvalue weighted by molar-refractivity contribution is 0.423. The largest absolute Gasteiger partial charge is 0.363 e. The molecular formula is C16H13N9O. The molecule has 0 radical (unpaired) electrons. The Morgan fingerprint density at radius 1 is 1.15 bits per heavy atom. The molecule has 0 aliphatic carbocycles. The van der Waals surface area contributed by atoms with Gasteiger partial charge in [-0.2, -0.15) is 20.2 Å². The predicted octanol–water partition coefficient (Wildman–Crippen LogP) is 2.19. The summed E-state index contributed by atoms with van der Waals surface area (Å²) in [6.07, 6.45) is 1.46. The van der Waals surface area contributed by atoms with Crippen LogP contribution in [0.1, 0.15) is 5.82 Å². The molecule has 10 nitrogen and oxygen atoms in total. The third kappa shape index (κ3) is 2.89. The average molecular weight is 347 g/mol. The van der Waals surface area contributed by atoms with Gasteiger partial charge in [0.05, 0.1) is 17.1 Å². The van der Waals surface area contributed by atoms with E-state index in [1.54, 1.807) is 17.6 Å². The Morgan fingerprint density at radius 2 is 2.04 bits per heavy atom. The van der Waals surface area contributed by atoms with Crippen molar-refractivity contribution in [1.29, 1.82) is 5.26 Å². The number of nitrogens with zero attached hydrogens (tertiary/aromatic N) is 7. The second-order valence-electron chi connectivity index (χ2n) is 5.29. The van der Waals surface area contributed by atoms with E-state index in [4.69, 9.17) is 9.78 Å².